The molecule has 28 heavy (non-hydrogen) atoms. The molecule has 2 amide bonds. The lowest BCUT2D eigenvalue weighted by atomic mass is 9.97. The number of amides is 2. The summed E-state index contributed by atoms with van der Waals surface area (Å²) in [7, 11) is 1.83. The van der Waals surface area contributed by atoms with E-state index in [1.807, 2.05) is 43.4 Å². The van der Waals surface area contributed by atoms with E-state index in [1.54, 1.807) is 18.2 Å². The number of anilines is 1. The van der Waals surface area contributed by atoms with E-state index in [2.05, 4.69) is 24.5 Å². The molecule has 150 valence electrons. The largest absolute Gasteiger partial charge is 0.344 e. The van der Waals surface area contributed by atoms with Gasteiger partial charge in [-0.3, -0.25) is 9.59 Å². The summed E-state index contributed by atoms with van der Waals surface area (Å²) >= 11 is 6.06. The molecule has 2 aromatic carbocycles. The van der Waals surface area contributed by atoms with Gasteiger partial charge in [0.2, 0.25) is 0 Å². The molecule has 0 fully saturated rings. The van der Waals surface area contributed by atoms with E-state index < -0.39 is 0 Å². The molecule has 0 aliphatic rings. The summed E-state index contributed by atoms with van der Waals surface area (Å²) in [6, 6.07) is 17.0. The Hall–Kier alpha value is -2.37. The number of benzene rings is 2. The average Bonchev–Trinajstić information content (AvgIpc) is 2.63. The van der Waals surface area contributed by atoms with Crippen molar-refractivity contribution in [3.8, 4) is 0 Å². The fourth-order valence-corrected chi connectivity index (χ4v) is 3.23. The second kappa shape index (κ2) is 10.8. The highest BCUT2D eigenvalue weighted by Crippen LogP contribution is 2.21. The molecule has 0 spiro atoms. The molecule has 2 rings (SSSR count). The zero-order chi connectivity index (χ0) is 20.5. The SMILES string of the molecule is CC(C)C[C@H](NC(=O)C[NH+](C)CC(=O)Nc1ccccc1Cl)c1ccccc1. The first-order chi connectivity index (χ1) is 13.3. The Balaban J connectivity index is 1.88. The van der Waals surface area contributed by atoms with Crippen molar-refractivity contribution in [3.05, 3.63) is 65.2 Å². The van der Waals surface area contributed by atoms with Crippen LogP contribution in [0.4, 0.5) is 5.69 Å². The number of carbonyl (C=O) groups excluding carboxylic acids is 2. The number of hydrogen-bond donors (Lipinski definition) is 3. The lowest BCUT2D eigenvalue weighted by molar-refractivity contribution is -0.862. The highest BCUT2D eigenvalue weighted by Gasteiger charge is 2.20. The van der Waals surface area contributed by atoms with Gasteiger partial charge in [-0.25, -0.2) is 0 Å². The van der Waals surface area contributed by atoms with Crippen molar-refractivity contribution in [2.45, 2.75) is 26.3 Å². The van der Waals surface area contributed by atoms with Crippen molar-refractivity contribution in [2.24, 2.45) is 5.92 Å². The van der Waals surface area contributed by atoms with E-state index >= 15 is 0 Å². The number of nitrogens with one attached hydrogen (secondary N) is 3. The molecule has 0 aromatic heterocycles. The fraction of sp³-hybridized carbons (Fsp3) is 0.364. The van der Waals surface area contributed by atoms with Crippen LogP contribution < -0.4 is 15.5 Å². The summed E-state index contributed by atoms with van der Waals surface area (Å²) in [5.74, 6) is 0.203. The summed E-state index contributed by atoms with van der Waals surface area (Å²) in [4.78, 5) is 25.6. The molecule has 0 heterocycles. The third-order valence-electron chi connectivity index (χ3n) is 4.32. The van der Waals surface area contributed by atoms with Crippen molar-refractivity contribution in [1.82, 2.24) is 5.32 Å². The molecule has 3 N–H and O–H groups in total. The van der Waals surface area contributed by atoms with E-state index in [0.717, 1.165) is 16.9 Å². The van der Waals surface area contributed by atoms with Gasteiger partial charge in [-0.1, -0.05) is 67.9 Å². The number of hydrogen-bond acceptors (Lipinski definition) is 2. The molecule has 1 unspecified atom stereocenters. The van der Waals surface area contributed by atoms with Gasteiger partial charge in [0, 0.05) is 0 Å². The molecular weight excluding hydrogens is 374 g/mol. The van der Waals surface area contributed by atoms with Crippen LogP contribution in [0.25, 0.3) is 0 Å². The summed E-state index contributed by atoms with van der Waals surface area (Å²) in [5, 5.41) is 6.39. The Morgan fingerprint density at radius 2 is 1.57 bits per heavy atom. The lowest BCUT2D eigenvalue weighted by Gasteiger charge is -2.22. The van der Waals surface area contributed by atoms with E-state index in [0.29, 0.717) is 16.6 Å². The van der Waals surface area contributed by atoms with Gasteiger partial charge in [-0.05, 0) is 30.0 Å². The van der Waals surface area contributed by atoms with Crippen molar-refractivity contribution < 1.29 is 14.5 Å². The zero-order valence-electron chi connectivity index (χ0n) is 16.7. The first-order valence-electron chi connectivity index (χ1n) is 9.55. The molecular formula is C22H29ClN3O2+. The third kappa shape index (κ3) is 7.33. The predicted octanol–water partition coefficient (Wildman–Crippen LogP) is 2.70. The van der Waals surface area contributed by atoms with Crippen molar-refractivity contribution in [1.29, 1.82) is 0 Å². The zero-order valence-corrected chi connectivity index (χ0v) is 17.4. The summed E-state index contributed by atoms with van der Waals surface area (Å²) < 4.78 is 0. The lowest BCUT2D eigenvalue weighted by Crippen LogP contribution is -3.11. The third-order valence-corrected chi connectivity index (χ3v) is 4.65. The average molecular weight is 403 g/mol. The Morgan fingerprint density at radius 3 is 2.21 bits per heavy atom. The molecule has 5 nitrogen and oxygen atoms in total. The topological polar surface area (TPSA) is 62.6 Å². The predicted molar refractivity (Wildman–Crippen MR) is 113 cm³/mol. The van der Waals surface area contributed by atoms with Crippen LogP contribution in [0.15, 0.2) is 54.6 Å². The normalized spacial score (nSPS) is 13.0. The maximum atomic E-state index is 12.5. The van der Waals surface area contributed by atoms with Crippen LogP contribution in [0, 0.1) is 5.92 Å². The molecule has 0 saturated carbocycles. The van der Waals surface area contributed by atoms with Crippen molar-refractivity contribution >= 4 is 29.1 Å². The standard InChI is InChI=1S/C22H28ClN3O2/c1-16(2)13-20(17-9-5-4-6-10-17)25-22(28)15-26(3)14-21(27)24-19-12-8-7-11-18(19)23/h4-12,16,20H,13-15H2,1-3H3,(H,24,27)(H,25,28)/p+1/t20-/m0/s1. The fourth-order valence-electron chi connectivity index (χ4n) is 3.05. The number of quaternary nitrogens is 1. The van der Waals surface area contributed by atoms with E-state index in [9.17, 15) is 9.59 Å². The van der Waals surface area contributed by atoms with Gasteiger partial charge in [0.15, 0.2) is 13.1 Å². The summed E-state index contributed by atoms with van der Waals surface area (Å²) in [6.45, 7) is 4.67. The number of para-hydroxylation sites is 1. The maximum Gasteiger partial charge on any atom is 0.279 e. The van der Waals surface area contributed by atoms with Gasteiger partial charge in [-0.2, -0.15) is 0 Å². The van der Waals surface area contributed by atoms with Crippen LogP contribution in [0.1, 0.15) is 31.9 Å². The van der Waals surface area contributed by atoms with Crippen molar-refractivity contribution in [3.63, 3.8) is 0 Å². The molecule has 6 heteroatoms. The molecule has 0 aliphatic heterocycles. The quantitative estimate of drug-likeness (QED) is 0.604. The first kappa shape index (κ1) is 21.9. The number of halogens is 1. The molecule has 2 aromatic rings. The number of likely N-dealkylation sites (N-methyl/N-ethyl adjacent to an activating group) is 1. The van der Waals surface area contributed by atoms with Gasteiger partial charge in [0.1, 0.15) is 0 Å². The van der Waals surface area contributed by atoms with Crippen LogP contribution >= 0.6 is 11.6 Å². The minimum Gasteiger partial charge on any atom is -0.344 e. The van der Waals surface area contributed by atoms with Gasteiger partial charge < -0.3 is 15.5 Å². The van der Waals surface area contributed by atoms with Gasteiger partial charge in [0.05, 0.1) is 23.8 Å². The van der Waals surface area contributed by atoms with Gasteiger partial charge in [-0.15, -0.1) is 0 Å². The Labute approximate surface area is 172 Å². The highest BCUT2D eigenvalue weighted by atomic mass is 35.5. The van der Waals surface area contributed by atoms with Gasteiger partial charge in [0.25, 0.3) is 11.8 Å². The molecule has 0 bridgehead atoms. The Bertz CT molecular complexity index is 780. The minimum atomic E-state index is -0.180. The molecule has 2 atom stereocenters. The summed E-state index contributed by atoms with van der Waals surface area (Å²) in [5.41, 5.74) is 1.67. The van der Waals surface area contributed by atoms with Crippen LogP contribution in [0.2, 0.25) is 5.02 Å². The second-order valence-corrected chi connectivity index (χ2v) is 7.91. The maximum absolute atomic E-state index is 12.5. The Kier molecular flexibility index (Phi) is 8.48. The van der Waals surface area contributed by atoms with E-state index in [-0.39, 0.29) is 30.9 Å². The van der Waals surface area contributed by atoms with E-state index in [1.165, 1.54) is 0 Å². The van der Waals surface area contributed by atoms with Crippen LogP contribution in [-0.2, 0) is 9.59 Å². The summed E-state index contributed by atoms with van der Waals surface area (Å²) in [6.07, 6.45) is 0.863. The number of rotatable bonds is 9. The van der Waals surface area contributed by atoms with Crippen LogP contribution in [0.3, 0.4) is 0 Å². The Morgan fingerprint density at radius 1 is 0.964 bits per heavy atom. The molecule has 0 saturated heterocycles. The first-order valence-corrected chi connectivity index (χ1v) is 9.93. The molecule has 0 aliphatic carbocycles. The smallest absolute Gasteiger partial charge is 0.279 e. The van der Waals surface area contributed by atoms with Crippen molar-refractivity contribution in [2.75, 3.05) is 25.5 Å². The monoisotopic (exact) mass is 402 g/mol. The van der Waals surface area contributed by atoms with Crippen LogP contribution in [0.5, 0.6) is 0 Å². The highest BCUT2D eigenvalue weighted by molar-refractivity contribution is 6.33. The van der Waals surface area contributed by atoms with E-state index in [4.69, 9.17) is 11.6 Å². The minimum absolute atomic E-state index is 0.0292. The second-order valence-electron chi connectivity index (χ2n) is 7.50. The van der Waals surface area contributed by atoms with Gasteiger partial charge >= 0.3 is 0 Å². The number of carbonyl (C=O) groups is 2. The molecule has 0 radical (unpaired) electrons. The van der Waals surface area contributed by atoms with Crippen LogP contribution in [-0.4, -0.2) is 32.0 Å².